The van der Waals surface area contributed by atoms with Crippen LogP contribution in [0.15, 0.2) is 18.2 Å². The Morgan fingerprint density at radius 1 is 1.26 bits per heavy atom. The van der Waals surface area contributed by atoms with Crippen LogP contribution in [-0.2, 0) is 9.59 Å². The van der Waals surface area contributed by atoms with E-state index in [0.717, 1.165) is 18.2 Å². The number of carbonyl (C=O) groups excluding carboxylic acids is 2. The monoisotopic (exact) mass is 268 g/mol. The van der Waals surface area contributed by atoms with E-state index in [1.807, 2.05) is 5.32 Å². The summed E-state index contributed by atoms with van der Waals surface area (Å²) < 4.78 is 0. The van der Waals surface area contributed by atoms with Gasteiger partial charge in [-0.05, 0) is 12.1 Å². The van der Waals surface area contributed by atoms with Gasteiger partial charge in [0.25, 0.3) is 5.91 Å². The molecule has 6 N–H and O–H groups in total. The minimum absolute atomic E-state index is 0.228. The number of carbonyl (C=O) groups is 3. The van der Waals surface area contributed by atoms with E-state index in [1.165, 1.54) is 0 Å². The first-order chi connectivity index (χ1) is 8.81. The second-order valence-corrected chi connectivity index (χ2v) is 3.74. The zero-order valence-electron chi connectivity index (χ0n) is 9.66. The molecule has 1 unspecified atom stereocenters. The summed E-state index contributed by atoms with van der Waals surface area (Å²) in [6.07, 6.45) is -0.570. The number of primary amides is 1. The van der Waals surface area contributed by atoms with E-state index >= 15 is 0 Å². The maximum atomic E-state index is 11.7. The molecule has 1 aromatic carbocycles. The minimum atomic E-state index is -1.49. The van der Waals surface area contributed by atoms with Gasteiger partial charge in [-0.25, -0.2) is 4.79 Å². The highest BCUT2D eigenvalue weighted by atomic mass is 16.4. The van der Waals surface area contributed by atoms with Gasteiger partial charge in [0.05, 0.1) is 12.0 Å². The molecule has 102 valence electrons. The highest BCUT2D eigenvalue weighted by Crippen LogP contribution is 2.22. The highest BCUT2D eigenvalue weighted by Gasteiger charge is 2.23. The number of rotatable bonds is 5. The number of phenolic OH excluding ortho intramolecular Hbond substituents is 2. The molecule has 1 atom stereocenters. The molecule has 8 heteroatoms. The minimum Gasteiger partial charge on any atom is -0.508 e. The van der Waals surface area contributed by atoms with E-state index in [4.69, 9.17) is 15.9 Å². The number of nitrogens with one attached hydrogen (secondary N) is 1. The molecule has 0 aromatic heterocycles. The van der Waals surface area contributed by atoms with Gasteiger partial charge in [-0.2, -0.15) is 0 Å². The predicted molar refractivity (Wildman–Crippen MR) is 62.5 cm³/mol. The van der Waals surface area contributed by atoms with Gasteiger partial charge in [0.1, 0.15) is 17.5 Å². The fourth-order valence-electron chi connectivity index (χ4n) is 1.35. The number of aliphatic carboxylic acids is 1. The first-order valence-corrected chi connectivity index (χ1v) is 5.15. The van der Waals surface area contributed by atoms with Gasteiger partial charge in [0.2, 0.25) is 5.91 Å². The van der Waals surface area contributed by atoms with E-state index in [-0.39, 0.29) is 11.3 Å². The largest absolute Gasteiger partial charge is 0.508 e. The van der Waals surface area contributed by atoms with Crippen molar-refractivity contribution in [3.8, 4) is 11.5 Å². The molecule has 0 heterocycles. The molecule has 0 aliphatic heterocycles. The molecular weight excluding hydrogens is 256 g/mol. The Balaban J connectivity index is 2.87. The lowest BCUT2D eigenvalue weighted by Gasteiger charge is -2.13. The Morgan fingerprint density at radius 2 is 1.89 bits per heavy atom. The van der Waals surface area contributed by atoms with Crippen LogP contribution in [0.4, 0.5) is 0 Å². The Kier molecular flexibility index (Phi) is 4.30. The van der Waals surface area contributed by atoms with Crippen molar-refractivity contribution in [1.82, 2.24) is 5.32 Å². The number of amides is 2. The maximum Gasteiger partial charge on any atom is 0.326 e. The van der Waals surface area contributed by atoms with Crippen LogP contribution in [0.25, 0.3) is 0 Å². The number of carboxylic acids is 1. The lowest BCUT2D eigenvalue weighted by atomic mass is 10.1. The second-order valence-electron chi connectivity index (χ2n) is 3.74. The molecule has 0 saturated carbocycles. The molecule has 19 heavy (non-hydrogen) atoms. The third-order valence-electron chi connectivity index (χ3n) is 2.23. The van der Waals surface area contributed by atoms with Crippen molar-refractivity contribution in [3.05, 3.63) is 23.8 Å². The molecule has 0 spiro atoms. The van der Waals surface area contributed by atoms with Crippen LogP contribution in [0.1, 0.15) is 16.8 Å². The molecule has 0 saturated heterocycles. The Morgan fingerprint density at radius 3 is 2.37 bits per heavy atom. The summed E-state index contributed by atoms with van der Waals surface area (Å²) in [7, 11) is 0. The molecule has 8 nitrogen and oxygen atoms in total. The summed E-state index contributed by atoms with van der Waals surface area (Å²) in [5.74, 6) is -3.97. The smallest absolute Gasteiger partial charge is 0.326 e. The zero-order chi connectivity index (χ0) is 14.6. The van der Waals surface area contributed by atoms with Crippen molar-refractivity contribution in [1.29, 1.82) is 0 Å². The topological polar surface area (TPSA) is 150 Å². The molecular formula is C11H12N2O6. The van der Waals surface area contributed by atoms with Crippen LogP contribution in [0, 0.1) is 0 Å². The number of phenols is 2. The van der Waals surface area contributed by atoms with E-state index in [9.17, 15) is 19.5 Å². The highest BCUT2D eigenvalue weighted by molar-refractivity contribution is 5.99. The van der Waals surface area contributed by atoms with Crippen molar-refractivity contribution >= 4 is 17.8 Å². The molecule has 0 bridgehead atoms. The SMILES string of the molecule is NC(=O)CC(NC(=O)c1ccc(O)cc1O)C(=O)O. The van der Waals surface area contributed by atoms with Crippen molar-refractivity contribution < 1.29 is 29.7 Å². The van der Waals surface area contributed by atoms with Gasteiger partial charge < -0.3 is 26.4 Å². The Bertz CT molecular complexity index is 528. The molecule has 0 radical (unpaired) electrons. The average Bonchev–Trinajstić information content (AvgIpc) is 2.26. The molecule has 2 amide bonds. The van der Waals surface area contributed by atoms with Gasteiger partial charge in [-0.3, -0.25) is 9.59 Å². The van der Waals surface area contributed by atoms with Crippen molar-refractivity contribution in [2.24, 2.45) is 5.73 Å². The van der Waals surface area contributed by atoms with Crippen LogP contribution in [0.5, 0.6) is 11.5 Å². The summed E-state index contributed by atoms with van der Waals surface area (Å²) in [6, 6.07) is 1.71. The lowest BCUT2D eigenvalue weighted by Crippen LogP contribution is -2.43. The first kappa shape index (κ1) is 14.3. The van der Waals surface area contributed by atoms with Crippen LogP contribution in [0.3, 0.4) is 0 Å². The normalized spacial score (nSPS) is 11.6. The quantitative estimate of drug-likeness (QED) is 0.469. The third kappa shape index (κ3) is 3.87. The summed E-state index contributed by atoms with van der Waals surface area (Å²) in [5.41, 5.74) is 4.63. The number of nitrogens with two attached hydrogens (primary N) is 1. The summed E-state index contributed by atoms with van der Waals surface area (Å²) >= 11 is 0. The third-order valence-corrected chi connectivity index (χ3v) is 2.23. The second kappa shape index (κ2) is 5.71. The molecule has 0 fully saturated rings. The van der Waals surface area contributed by atoms with E-state index < -0.39 is 36.0 Å². The van der Waals surface area contributed by atoms with Gasteiger partial charge in [0, 0.05) is 6.07 Å². The summed E-state index contributed by atoms with van der Waals surface area (Å²) in [6.45, 7) is 0. The Labute approximate surface area is 107 Å². The first-order valence-electron chi connectivity index (χ1n) is 5.15. The van der Waals surface area contributed by atoms with Gasteiger partial charge in [-0.15, -0.1) is 0 Å². The number of benzene rings is 1. The number of carboxylic acid groups (broad SMARTS) is 1. The number of hydrogen-bond donors (Lipinski definition) is 5. The summed E-state index contributed by atoms with van der Waals surface area (Å²) in [5, 5.41) is 29.3. The van der Waals surface area contributed by atoms with Crippen molar-refractivity contribution in [3.63, 3.8) is 0 Å². The van der Waals surface area contributed by atoms with Crippen LogP contribution < -0.4 is 11.1 Å². The van der Waals surface area contributed by atoms with Crippen molar-refractivity contribution in [2.45, 2.75) is 12.5 Å². The van der Waals surface area contributed by atoms with E-state index in [1.54, 1.807) is 0 Å². The van der Waals surface area contributed by atoms with Crippen molar-refractivity contribution in [2.75, 3.05) is 0 Å². The lowest BCUT2D eigenvalue weighted by molar-refractivity contribution is -0.140. The fourth-order valence-corrected chi connectivity index (χ4v) is 1.35. The van der Waals surface area contributed by atoms with E-state index in [0.29, 0.717) is 0 Å². The van der Waals surface area contributed by atoms with Crippen LogP contribution in [0.2, 0.25) is 0 Å². The summed E-state index contributed by atoms with van der Waals surface area (Å²) in [4.78, 5) is 33.2. The average molecular weight is 268 g/mol. The van der Waals surface area contributed by atoms with Gasteiger partial charge in [0.15, 0.2) is 0 Å². The predicted octanol–water partition coefficient (Wildman–Crippen LogP) is -0.844. The molecule has 1 rings (SSSR count). The van der Waals surface area contributed by atoms with Gasteiger partial charge >= 0.3 is 5.97 Å². The van der Waals surface area contributed by atoms with Crippen LogP contribution in [-0.4, -0.2) is 39.1 Å². The maximum absolute atomic E-state index is 11.7. The van der Waals surface area contributed by atoms with Crippen LogP contribution >= 0.6 is 0 Å². The molecule has 1 aromatic rings. The van der Waals surface area contributed by atoms with E-state index in [2.05, 4.69) is 0 Å². The molecule has 0 aliphatic rings. The Hall–Kier alpha value is -2.77. The fraction of sp³-hybridized carbons (Fsp3) is 0.182. The van der Waals surface area contributed by atoms with Gasteiger partial charge in [-0.1, -0.05) is 0 Å². The molecule has 0 aliphatic carbocycles. The standard InChI is InChI=1S/C11H12N2O6/c12-9(16)4-7(11(18)19)13-10(17)6-2-1-5(14)3-8(6)15/h1-3,7,14-15H,4H2,(H2,12,16)(H,13,17)(H,18,19). The number of hydrogen-bond acceptors (Lipinski definition) is 5. The number of aromatic hydroxyl groups is 2. The zero-order valence-corrected chi connectivity index (χ0v) is 9.66.